The number of aliphatic hydroxyl groups is 1. The minimum Gasteiger partial charge on any atom is -0.398 e. The van der Waals surface area contributed by atoms with Crippen molar-refractivity contribution in [2.45, 2.75) is 37.8 Å². The van der Waals surface area contributed by atoms with Gasteiger partial charge in [0.25, 0.3) is 5.91 Å². The maximum Gasteiger partial charge on any atom is 0.253 e. The molecule has 0 radical (unpaired) electrons. The maximum absolute atomic E-state index is 12.1. The molecule has 4 nitrogen and oxygen atoms in total. The summed E-state index contributed by atoms with van der Waals surface area (Å²) in [6.07, 6.45) is 3.09. The summed E-state index contributed by atoms with van der Waals surface area (Å²) >= 11 is 5.85. The smallest absolute Gasteiger partial charge is 0.253 e. The molecular formula is C13H17ClN2O2. The molecule has 0 heterocycles. The molecule has 2 atom stereocenters. The zero-order valence-electron chi connectivity index (χ0n) is 10.0. The van der Waals surface area contributed by atoms with Crippen LogP contribution in [0.15, 0.2) is 18.2 Å². The van der Waals surface area contributed by atoms with Gasteiger partial charge in [-0.25, -0.2) is 0 Å². The third-order valence-corrected chi connectivity index (χ3v) is 3.54. The largest absolute Gasteiger partial charge is 0.398 e. The van der Waals surface area contributed by atoms with Crippen LogP contribution in [-0.2, 0) is 0 Å². The number of nitrogens with two attached hydrogens (primary N) is 1. The molecule has 1 aromatic rings. The number of amides is 1. The number of carbonyl (C=O) groups is 1. The fraction of sp³-hybridized carbons (Fsp3) is 0.462. The minimum absolute atomic E-state index is 0.190. The summed E-state index contributed by atoms with van der Waals surface area (Å²) in [6, 6.07) is 4.60. The topological polar surface area (TPSA) is 75.4 Å². The Morgan fingerprint density at radius 3 is 2.83 bits per heavy atom. The second-order valence-electron chi connectivity index (χ2n) is 4.66. The van der Waals surface area contributed by atoms with Crippen molar-refractivity contribution in [2.75, 3.05) is 5.73 Å². The van der Waals surface area contributed by atoms with E-state index in [1.807, 2.05) is 0 Å². The highest BCUT2D eigenvalue weighted by Gasteiger charge is 2.25. The van der Waals surface area contributed by atoms with Gasteiger partial charge in [-0.1, -0.05) is 24.4 Å². The number of aliphatic hydroxyl groups excluding tert-OH is 1. The number of benzene rings is 1. The van der Waals surface area contributed by atoms with Gasteiger partial charge in [-0.3, -0.25) is 4.79 Å². The molecule has 1 saturated carbocycles. The Labute approximate surface area is 111 Å². The van der Waals surface area contributed by atoms with Crippen LogP contribution in [0.4, 0.5) is 5.69 Å². The van der Waals surface area contributed by atoms with E-state index >= 15 is 0 Å². The molecule has 18 heavy (non-hydrogen) atoms. The zero-order chi connectivity index (χ0) is 13.1. The second-order valence-corrected chi connectivity index (χ2v) is 5.10. The van der Waals surface area contributed by atoms with Crippen molar-refractivity contribution in [1.82, 2.24) is 5.32 Å². The van der Waals surface area contributed by atoms with Gasteiger partial charge in [-0.15, -0.1) is 0 Å². The van der Waals surface area contributed by atoms with Crippen LogP contribution in [0.25, 0.3) is 0 Å². The molecule has 1 aliphatic carbocycles. The second kappa shape index (κ2) is 5.59. The third-order valence-electron chi connectivity index (χ3n) is 3.31. The van der Waals surface area contributed by atoms with Crippen molar-refractivity contribution in [2.24, 2.45) is 0 Å². The zero-order valence-corrected chi connectivity index (χ0v) is 10.8. The van der Waals surface area contributed by atoms with Gasteiger partial charge in [-0.2, -0.15) is 0 Å². The fourth-order valence-corrected chi connectivity index (χ4v) is 2.42. The normalized spacial score (nSPS) is 23.7. The molecule has 1 aliphatic rings. The number of hydrogen-bond acceptors (Lipinski definition) is 3. The van der Waals surface area contributed by atoms with E-state index in [-0.39, 0.29) is 11.9 Å². The first-order valence-electron chi connectivity index (χ1n) is 6.12. The van der Waals surface area contributed by atoms with Crippen LogP contribution in [0, 0.1) is 0 Å². The van der Waals surface area contributed by atoms with Gasteiger partial charge in [0.05, 0.1) is 17.7 Å². The molecule has 0 aromatic heterocycles. The van der Waals surface area contributed by atoms with Crippen molar-refractivity contribution in [3.8, 4) is 0 Å². The van der Waals surface area contributed by atoms with Gasteiger partial charge in [-0.05, 0) is 31.0 Å². The minimum atomic E-state index is -0.469. The Kier molecular flexibility index (Phi) is 4.09. The predicted molar refractivity (Wildman–Crippen MR) is 71.6 cm³/mol. The highest BCUT2D eigenvalue weighted by Crippen LogP contribution is 2.21. The Hall–Kier alpha value is -1.26. The molecule has 0 spiro atoms. The SMILES string of the molecule is Nc1ccc(Cl)cc1C(=O)NC1CCCCC1O. The quantitative estimate of drug-likeness (QED) is 0.718. The van der Waals surface area contributed by atoms with Gasteiger partial charge in [0, 0.05) is 10.7 Å². The molecule has 5 heteroatoms. The van der Waals surface area contributed by atoms with Gasteiger partial charge in [0.1, 0.15) is 0 Å². The predicted octanol–water partition coefficient (Wildman–Crippen LogP) is 1.96. The van der Waals surface area contributed by atoms with E-state index in [1.54, 1.807) is 18.2 Å². The molecule has 2 unspecified atom stereocenters. The lowest BCUT2D eigenvalue weighted by molar-refractivity contribution is 0.0718. The van der Waals surface area contributed by atoms with Gasteiger partial charge in [0.15, 0.2) is 0 Å². The number of hydrogen-bond donors (Lipinski definition) is 3. The monoisotopic (exact) mass is 268 g/mol. The van der Waals surface area contributed by atoms with Gasteiger partial charge >= 0.3 is 0 Å². The van der Waals surface area contributed by atoms with E-state index in [1.165, 1.54) is 0 Å². The fourth-order valence-electron chi connectivity index (χ4n) is 2.25. The lowest BCUT2D eigenvalue weighted by Gasteiger charge is -2.28. The van der Waals surface area contributed by atoms with E-state index in [9.17, 15) is 9.90 Å². The number of halogens is 1. The standard InChI is InChI=1S/C13H17ClN2O2/c14-8-5-6-10(15)9(7-8)13(18)16-11-3-1-2-4-12(11)17/h5-7,11-12,17H,1-4,15H2,(H,16,18). The van der Waals surface area contributed by atoms with Crippen LogP contribution < -0.4 is 11.1 Å². The average molecular weight is 269 g/mol. The first kappa shape index (κ1) is 13.2. The number of anilines is 1. The first-order chi connectivity index (χ1) is 8.58. The number of rotatable bonds is 2. The maximum atomic E-state index is 12.1. The van der Waals surface area contributed by atoms with Crippen molar-refractivity contribution in [1.29, 1.82) is 0 Å². The lowest BCUT2D eigenvalue weighted by atomic mass is 9.92. The Morgan fingerprint density at radius 1 is 1.39 bits per heavy atom. The Balaban J connectivity index is 2.09. The van der Waals surface area contributed by atoms with Crippen molar-refractivity contribution >= 4 is 23.2 Å². The van der Waals surface area contributed by atoms with Crippen LogP contribution >= 0.6 is 11.6 Å². The van der Waals surface area contributed by atoms with Crippen LogP contribution in [0.5, 0.6) is 0 Å². The third kappa shape index (κ3) is 2.94. The highest BCUT2D eigenvalue weighted by atomic mass is 35.5. The van der Waals surface area contributed by atoms with Crippen LogP contribution in [0.3, 0.4) is 0 Å². The lowest BCUT2D eigenvalue weighted by Crippen LogP contribution is -2.45. The molecular weight excluding hydrogens is 252 g/mol. The van der Waals surface area contributed by atoms with E-state index < -0.39 is 6.10 Å². The molecule has 98 valence electrons. The Morgan fingerprint density at radius 2 is 2.11 bits per heavy atom. The van der Waals surface area contributed by atoms with Crippen molar-refractivity contribution < 1.29 is 9.90 Å². The van der Waals surface area contributed by atoms with Crippen LogP contribution in [-0.4, -0.2) is 23.2 Å². The molecule has 1 aromatic carbocycles. The molecule has 0 saturated heterocycles. The molecule has 0 bridgehead atoms. The first-order valence-corrected chi connectivity index (χ1v) is 6.49. The summed E-state index contributed by atoms with van der Waals surface area (Å²) in [4.78, 5) is 12.1. The number of nitrogen functional groups attached to an aromatic ring is 1. The Bertz CT molecular complexity index is 451. The number of nitrogens with one attached hydrogen (secondary N) is 1. The average Bonchev–Trinajstić information content (AvgIpc) is 2.35. The van der Waals surface area contributed by atoms with Crippen molar-refractivity contribution in [3.05, 3.63) is 28.8 Å². The van der Waals surface area contributed by atoms with Gasteiger partial charge < -0.3 is 16.2 Å². The summed E-state index contributed by atoms with van der Waals surface area (Å²) < 4.78 is 0. The van der Waals surface area contributed by atoms with Gasteiger partial charge in [0.2, 0.25) is 0 Å². The number of carbonyl (C=O) groups excluding carboxylic acids is 1. The van der Waals surface area contributed by atoms with E-state index in [4.69, 9.17) is 17.3 Å². The summed E-state index contributed by atoms with van der Waals surface area (Å²) in [5, 5.41) is 13.1. The summed E-state index contributed by atoms with van der Waals surface area (Å²) in [6.45, 7) is 0. The molecule has 1 fully saturated rings. The van der Waals surface area contributed by atoms with Crippen LogP contribution in [0.1, 0.15) is 36.0 Å². The molecule has 4 N–H and O–H groups in total. The summed E-state index contributed by atoms with van der Waals surface area (Å²) in [5.41, 5.74) is 6.50. The van der Waals surface area contributed by atoms with E-state index in [0.29, 0.717) is 16.3 Å². The molecule has 1 amide bonds. The van der Waals surface area contributed by atoms with Crippen molar-refractivity contribution in [3.63, 3.8) is 0 Å². The van der Waals surface area contributed by atoms with E-state index in [0.717, 1.165) is 25.7 Å². The molecule has 2 rings (SSSR count). The summed E-state index contributed by atoms with van der Waals surface area (Å²) in [5.74, 6) is -0.277. The molecule has 0 aliphatic heterocycles. The summed E-state index contributed by atoms with van der Waals surface area (Å²) in [7, 11) is 0. The van der Waals surface area contributed by atoms with Crippen LogP contribution in [0.2, 0.25) is 5.02 Å². The van der Waals surface area contributed by atoms with E-state index in [2.05, 4.69) is 5.32 Å². The highest BCUT2D eigenvalue weighted by molar-refractivity contribution is 6.31.